The minimum Gasteiger partial charge on any atom is -0.465 e. The van der Waals surface area contributed by atoms with Crippen LogP contribution in [0.2, 0.25) is 0 Å². The van der Waals surface area contributed by atoms with Crippen LogP contribution in [0.25, 0.3) is 0 Å². The smallest absolute Gasteiger partial charge is 0.338 e. The number of carbonyl (C=O) groups excluding carboxylic acids is 4. The molecule has 0 aromatic heterocycles. The van der Waals surface area contributed by atoms with Gasteiger partial charge in [0.15, 0.2) is 0 Å². The lowest BCUT2D eigenvalue weighted by molar-refractivity contribution is -0.126. The Kier molecular flexibility index (Phi) is 6.13. The number of benzene rings is 2. The molecule has 2 aromatic carbocycles. The van der Waals surface area contributed by atoms with Crippen LogP contribution in [-0.2, 0) is 16.0 Å². The van der Waals surface area contributed by atoms with Crippen molar-refractivity contribution in [3.8, 4) is 0 Å². The minimum atomic E-state index is -1.29. The highest BCUT2D eigenvalue weighted by Gasteiger charge is 2.52. The van der Waals surface area contributed by atoms with Gasteiger partial charge in [0.1, 0.15) is 11.4 Å². The number of nitrogens with one attached hydrogen (secondary N) is 2. The molecule has 2 saturated heterocycles. The van der Waals surface area contributed by atoms with Gasteiger partial charge in [-0.3, -0.25) is 14.9 Å². The predicted octanol–water partition coefficient (Wildman–Crippen LogP) is 2.29. The van der Waals surface area contributed by atoms with E-state index in [9.17, 15) is 23.6 Å². The number of hydrogen-bond donors (Lipinski definition) is 2. The molecule has 0 saturated carbocycles. The summed E-state index contributed by atoms with van der Waals surface area (Å²) in [6.45, 7) is 0.641. The van der Waals surface area contributed by atoms with E-state index in [4.69, 9.17) is 4.74 Å². The van der Waals surface area contributed by atoms with Gasteiger partial charge in [0, 0.05) is 19.5 Å². The minimum absolute atomic E-state index is 0.0149. The number of likely N-dealkylation sites (tertiary alicyclic amines) is 1. The maximum absolute atomic E-state index is 14.4. The van der Waals surface area contributed by atoms with Crippen LogP contribution in [-0.4, -0.2) is 54.5 Å². The monoisotopic (exact) mass is 453 g/mol. The molecule has 1 unspecified atom stereocenters. The molecule has 0 radical (unpaired) electrons. The highest BCUT2D eigenvalue weighted by atomic mass is 19.1. The molecule has 4 rings (SSSR count). The topological polar surface area (TPSA) is 105 Å². The zero-order valence-electron chi connectivity index (χ0n) is 18.1. The molecule has 0 bridgehead atoms. The van der Waals surface area contributed by atoms with Gasteiger partial charge in [-0.15, -0.1) is 0 Å². The number of carbonyl (C=O) groups is 4. The molecule has 33 heavy (non-hydrogen) atoms. The van der Waals surface area contributed by atoms with Gasteiger partial charge in [0.05, 0.1) is 18.2 Å². The Hall–Kier alpha value is -3.75. The molecule has 0 aliphatic carbocycles. The van der Waals surface area contributed by atoms with E-state index in [-0.39, 0.29) is 29.4 Å². The molecule has 8 nitrogen and oxygen atoms in total. The van der Waals surface area contributed by atoms with Crippen molar-refractivity contribution < 1.29 is 28.3 Å². The molecule has 172 valence electrons. The number of amides is 4. The Bertz CT molecular complexity index is 1110. The van der Waals surface area contributed by atoms with E-state index in [1.165, 1.54) is 19.2 Å². The highest BCUT2D eigenvalue weighted by Crippen LogP contribution is 2.35. The molecule has 2 aliphatic rings. The largest absolute Gasteiger partial charge is 0.465 e. The second-order valence-electron chi connectivity index (χ2n) is 8.25. The molecule has 4 amide bonds. The van der Waals surface area contributed by atoms with E-state index in [0.717, 1.165) is 0 Å². The first-order chi connectivity index (χ1) is 15.9. The molecule has 2 aliphatic heterocycles. The predicted molar refractivity (Wildman–Crippen MR) is 116 cm³/mol. The summed E-state index contributed by atoms with van der Waals surface area (Å²) < 4.78 is 19.1. The molecular formula is C24H24FN3O5. The van der Waals surface area contributed by atoms with Crippen molar-refractivity contribution >= 4 is 23.8 Å². The van der Waals surface area contributed by atoms with Gasteiger partial charge in [-0.25, -0.2) is 14.0 Å². The lowest BCUT2D eigenvalue weighted by Gasteiger charge is -2.41. The van der Waals surface area contributed by atoms with Crippen molar-refractivity contribution in [3.05, 3.63) is 71.0 Å². The van der Waals surface area contributed by atoms with E-state index >= 15 is 0 Å². The number of ether oxygens (including phenoxy) is 1. The number of rotatable bonds is 5. The number of halogens is 1. The van der Waals surface area contributed by atoms with E-state index in [2.05, 4.69) is 10.6 Å². The SMILES string of the molecule is COC(=O)c1ccccc1C(=O)N1CCC(C2(Cc3ccccc3F)NC(=O)NC2=O)CC1. The van der Waals surface area contributed by atoms with Crippen molar-refractivity contribution in [1.82, 2.24) is 15.5 Å². The zero-order chi connectivity index (χ0) is 23.6. The van der Waals surface area contributed by atoms with E-state index < -0.39 is 29.3 Å². The van der Waals surface area contributed by atoms with Crippen molar-refractivity contribution in [3.63, 3.8) is 0 Å². The lowest BCUT2D eigenvalue weighted by Crippen LogP contribution is -2.58. The van der Waals surface area contributed by atoms with Crippen molar-refractivity contribution in [2.45, 2.75) is 24.8 Å². The Balaban J connectivity index is 1.54. The summed E-state index contributed by atoms with van der Waals surface area (Å²) in [4.78, 5) is 51.7. The molecule has 2 fully saturated rings. The molecule has 2 heterocycles. The normalized spacial score (nSPS) is 20.8. The van der Waals surface area contributed by atoms with Crippen LogP contribution in [0, 0.1) is 11.7 Å². The summed E-state index contributed by atoms with van der Waals surface area (Å²) in [5.74, 6) is -2.14. The number of nitrogens with zero attached hydrogens (tertiary/aromatic N) is 1. The van der Waals surface area contributed by atoms with Gasteiger partial charge in [0.2, 0.25) is 0 Å². The summed E-state index contributed by atoms with van der Waals surface area (Å²) in [5, 5.41) is 5.03. The van der Waals surface area contributed by atoms with Gasteiger partial charge >= 0.3 is 12.0 Å². The second-order valence-corrected chi connectivity index (χ2v) is 8.25. The number of urea groups is 1. The van der Waals surface area contributed by atoms with Gasteiger partial charge < -0.3 is 15.0 Å². The van der Waals surface area contributed by atoms with Crippen LogP contribution in [0.5, 0.6) is 0 Å². The molecule has 1 atom stereocenters. The first-order valence-corrected chi connectivity index (χ1v) is 10.7. The summed E-state index contributed by atoms with van der Waals surface area (Å²) in [6, 6.07) is 12.0. The average Bonchev–Trinajstić information content (AvgIpc) is 3.13. The molecule has 9 heteroatoms. The fraction of sp³-hybridized carbons (Fsp3) is 0.333. The number of imide groups is 1. The maximum atomic E-state index is 14.4. The van der Waals surface area contributed by atoms with Crippen LogP contribution in [0.4, 0.5) is 9.18 Å². The Morgan fingerprint density at radius 2 is 1.70 bits per heavy atom. The van der Waals surface area contributed by atoms with Crippen LogP contribution in [0.3, 0.4) is 0 Å². The van der Waals surface area contributed by atoms with E-state index in [1.807, 2.05) is 0 Å². The van der Waals surface area contributed by atoms with Gasteiger partial charge in [0.25, 0.3) is 11.8 Å². The fourth-order valence-electron chi connectivity index (χ4n) is 4.71. The van der Waals surface area contributed by atoms with Crippen molar-refractivity contribution in [2.24, 2.45) is 5.92 Å². The third-order valence-electron chi connectivity index (χ3n) is 6.44. The lowest BCUT2D eigenvalue weighted by atomic mass is 9.74. The first-order valence-electron chi connectivity index (χ1n) is 10.7. The van der Waals surface area contributed by atoms with Crippen molar-refractivity contribution in [1.29, 1.82) is 0 Å². The number of piperidine rings is 1. The third-order valence-corrected chi connectivity index (χ3v) is 6.44. The zero-order valence-corrected chi connectivity index (χ0v) is 18.1. The fourth-order valence-corrected chi connectivity index (χ4v) is 4.71. The summed E-state index contributed by atoms with van der Waals surface area (Å²) in [6.07, 6.45) is 0.865. The quantitative estimate of drug-likeness (QED) is 0.534. The standard InChI is InChI=1S/C24H24FN3O5/c1-33-21(30)18-8-4-3-7-17(18)20(29)28-12-10-16(11-13-28)24(22(31)26-23(32)27-24)14-15-6-2-5-9-19(15)25/h2-9,16H,10-14H2,1H3,(H2,26,27,31,32). The number of esters is 1. The van der Waals surface area contributed by atoms with Gasteiger partial charge in [-0.2, -0.15) is 0 Å². The average molecular weight is 453 g/mol. The molecule has 2 N–H and O–H groups in total. The van der Waals surface area contributed by atoms with Gasteiger partial charge in [-0.1, -0.05) is 30.3 Å². The molecule has 2 aromatic rings. The van der Waals surface area contributed by atoms with E-state index in [1.54, 1.807) is 41.3 Å². The van der Waals surface area contributed by atoms with Crippen molar-refractivity contribution in [2.75, 3.05) is 20.2 Å². The Morgan fingerprint density at radius 1 is 1.06 bits per heavy atom. The summed E-state index contributed by atoms with van der Waals surface area (Å²) in [7, 11) is 1.25. The Morgan fingerprint density at radius 3 is 2.30 bits per heavy atom. The highest BCUT2D eigenvalue weighted by molar-refractivity contribution is 6.07. The van der Waals surface area contributed by atoms with Crippen LogP contribution >= 0.6 is 0 Å². The van der Waals surface area contributed by atoms with Crippen LogP contribution < -0.4 is 10.6 Å². The van der Waals surface area contributed by atoms with Crippen LogP contribution in [0.15, 0.2) is 48.5 Å². The van der Waals surface area contributed by atoms with Crippen LogP contribution in [0.1, 0.15) is 39.1 Å². The maximum Gasteiger partial charge on any atom is 0.338 e. The second kappa shape index (κ2) is 9.01. The third kappa shape index (κ3) is 4.18. The molecular weight excluding hydrogens is 429 g/mol. The number of hydrogen-bond acceptors (Lipinski definition) is 5. The van der Waals surface area contributed by atoms with Gasteiger partial charge in [-0.05, 0) is 42.5 Å². The number of methoxy groups -OCH3 is 1. The Labute approximate surface area is 190 Å². The molecule has 0 spiro atoms. The van der Waals surface area contributed by atoms with E-state index in [0.29, 0.717) is 31.5 Å². The summed E-state index contributed by atoms with van der Waals surface area (Å²) in [5.41, 5.74) is -0.528. The first kappa shape index (κ1) is 22.4. The summed E-state index contributed by atoms with van der Waals surface area (Å²) >= 11 is 0.